The van der Waals surface area contributed by atoms with Gasteiger partial charge in [-0.25, -0.2) is 0 Å². The molecule has 10 N–H and O–H groups in total. The van der Waals surface area contributed by atoms with Crippen molar-refractivity contribution in [3.63, 3.8) is 0 Å². The Morgan fingerprint density at radius 1 is 0.438 bits per heavy atom. The second kappa shape index (κ2) is 73.4. The van der Waals surface area contributed by atoms with Gasteiger partial charge in [0.2, 0.25) is 41.4 Å². The Morgan fingerprint density at radius 3 is 1.20 bits per heavy atom. The van der Waals surface area contributed by atoms with E-state index in [0.717, 1.165) is 60.3 Å². The summed E-state index contributed by atoms with van der Waals surface area (Å²) in [6.07, 6.45) is 15.1. The number of hydrogen-bond donors (Lipinski definition) is 9. The van der Waals surface area contributed by atoms with Gasteiger partial charge in [-0.2, -0.15) is 5.10 Å². The fourth-order valence-corrected chi connectivity index (χ4v) is 18.6. The van der Waals surface area contributed by atoms with Crippen LogP contribution in [0.15, 0.2) is 41.5 Å². The molecule has 2 aromatic carbocycles. The molecule has 10 atom stereocenters. The van der Waals surface area contributed by atoms with Crippen molar-refractivity contribution in [1.29, 1.82) is 0 Å². The lowest BCUT2D eigenvalue weighted by atomic mass is 9.44. The molecule has 0 heterocycles. The van der Waals surface area contributed by atoms with E-state index < -0.39 is 23.8 Å². The van der Waals surface area contributed by atoms with Crippen LogP contribution in [0.25, 0.3) is 0 Å². The lowest BCUT2D eigenvalue weighted by Crippen LogP contribution is -2.54. The lowest BCUT2D eigenvalue weighted by molar-refractivity contribution is -0.163. The Hall–Kier alpha value is -6.67. The Morgan fingerprint density at radius 2 is 0.803 bits per heavy atom. The minimum atomic E-state index is -1.17. The molecule has 0 saturated heterocycles. The summed E-state index contributed by atoms with van der Waals surface area (Å²) < 4.78 is 105. The van der Waals surface area contributed by atoms with Crippen LogP contribution in [0.3, 0.4) is 0 Å². The number of benzene rings is 2. The van der Waals surface area contributed by atoms with Gasteiger partial charge in [0.1, 0.15) is 17.9 Å². The second-order valence-corrected chi connectivity index (χ2v) is 36.6. The van der Waals surface area contributed by atoms with E-state index >= 15 is 0 Å². The first-order valence-electron chi connectivity index (χ1n) is 49.5. The molecular weight excluding hydrogens is 1820 g/mol. The number of nitrogens with two attached hydrogens (primary N) is 1. The predicted octanol–water partition coefficient (Wildman–Crippen LogP) is 8.30. The van der Waals surface area contributed by atoms with Gasteiger partial charge in [0, 0.05) is 75.4 Å². The van der Waals surface area contributed by atoms with Crippen molar-refractivity contribution in [2.45, 2.75) is 176 Å². The molecule has 2 aromatic rings. The molecule has 137 heavy (non-hydrogen) atoms. The van der Waals surface area contributed by atoms with Crippen molar-refractivity contribution in [2.75, 3.05) is 276 Å². The summed E-state index contributed by atoms with van der Waals surface area (Å²) in [5.74, 6) is 2.66. The maximum atomic E-state index is 13.3. The number of nitrogens with one attached hydrogen (secondary N) is 7. The molecular formula is C98H163Cl2N9O28. The normalized spacial score (nSPS) is 19.5. The molecule has 7 amide bonds. The molecule has 0 radical (unpaired) electrons. The smallest absolute Gasteiger partial charge is 0.308 e. The van der Waals surface area contributed by atoms with Crippen LogP contribution in [0.2, 0.25) is 10.0 Å². The van der Waals surface area contributed by atoms with E-state index in [9.17, 15) is 43.5 Å². The summed E-state index contributed by atoms with van der Waals surface area (Å²) in [4.78, 5) is 99.3. The largest absolute Gasteiger partial charge is 0.506 e. The van der Waals surface area contributed by atoms with Crippen LogP contribution >= 0.6 is 23.2 Å². The van der Waals surface area contributed by atoms with E-state index in [1.807, 2.05) is 12.1 Å². The number of phenols is 1. The van der Waals surface area contributed by atoms with Crippen molar-refractivity contribution in [3.8, 4) is 5.75 Å². The van der Waals surface area contributed by atoms with Gasteiger partial charge in [0.05, 0.1) is 267 Å². The van der Waals surface area contributed by atoms with E-state index in [-0.39, 0.29) is 136 Å². The number of aromatic hydroxyl groups is 1. The number of primary amides is 1. The van der Waals surface area contributed by atoms with E-state index in [4.69, 9.17) is 119 Å². The molecule has 0 spiro atoms. The van der Waals surface area contributed by atoms with E-state index in [0.29, 0.717) is 264 Å². The van der Waals surface area contributed by atoms with Crippen molar-refractivity contribution in [2.24, 2.45) is 63.1 Å². The number of halogens is 2. The van der Waals surface area contributed by atoms with Crippen molar-refractivity contribution in [1.82, 2.24) is 31.9 Å². The molecule has 0 aliphatic heterocycles. The van der Waals surface area contributed by atoms with Gasteiger partial charge in [-0.15, -0.1) is 0 Å². The summed E-state index contributed by atoms with van der Waals surface area (Å²) in [5.41, 5.74) is 11.7. The zero-order valence-corrected chi connectivity index (χ0v) is 83.8. The van der Waals surface area contributed by atoms with Gasteiger partial charge in [-0.05, 0) is 147 Å². The zero-order valence-electron chi connectivity index (χ0n) is 82.3. The molecule has 39 heteroatoms. The molecule has 4 fully saturated rings. The van der Waals surface area contributed by atoms with Gasteiger partial charge < -0.3 is 133 Å². The summed E-state index contributed by atoms with van der Waals surface area (Å²) in [7, 11) is 0. The van der Waals surface area contributed by atoms with Crippen molar-refractivity contribution < 1.29 is 133 Å². The number of fused-ring (bicyclic) bond motifs is 5. The summed E-state index contributed by atoms with van der Waals surface area (Å²) >= 11 is 12.1. The molecule has 6 rings (SSSR count). The number of nitrogens with zero attached hydrogens (tertiary/aromatic N) is 1. The SMILES string of the molecule is C/C(=N\Nc1ccc(CC(=O)NCCOCCOCCOCCOCCC(=O)NCCOCCOCCOCCC(=O)NCCOCCOCCOCCOCCC(=O)NCCOCCOCCOCCC(=O)NCCOCCOCCOCCOCCC(=O)N[C@@H](CC(=O)O[C@H]2CC[C@@]3(C)[C@@H](CC[C@@H]4[C@@H]3CC[C@]3(C)[C@@H]([C@H](C)CCCC(C)C)CC[C@@H]43)C2)C(N)=O)cc1)c1cc(Cl)cc(Cl)c1O. The minimum Gasteiger partial charge on any atom is -0.506 e. The number of hydrazone groups is 1. The van der Waals surface area contributed by atoms with Crippen LogP contribution in [-0.2, 0) is 135 Å². The Balaban J connectivity index is 0.563. The van der Waals surface area contributed by atoms with E-state index in [2.05, 4.69) is 77.0 Å². The standard InChI is InChI=1S/C98H163Cl2N9O28/c1-73(2)8-7-9-74(3)83-16-17-84-81-15-12-77-69-80(18-25-97(77,5)85(81)19-26-98(83,84)6)137-94(116)72-87(96(101)118)107-92(114)24-36-123-46-56-133-64-67-135-60-50-127-40-30-105-89(111)21-33-120-43-53-130-57-47-124-37-27-102-90(112)22-34-121-44-54-131-62-65-134-59-49-126-39-29-104-88(110)20-32-119-42-52-129-58-48-125-38-28-103-91(113)23-35-122-45-55-132-63-66-136-61-51-128-41-31-106-93(115)68-76-10-13-79(14-11-76)109-108-75(4)82-70-78(99)71-86(100)95(82)117/h10-11,13-14,70-71,73-74,77,80-81,83-85,87,109,117H,7-9,12,15-69,72H2,1-6H3,(H2,101,118)(H,102,112)(H,103,113)(H,104,110)(H,105,111)(H,106,115)(H,107,114)/b108-75+/t74-,77+,80+,81+,83-,84+,85+,87+,97+,98-/m1/s1. The highest BCUT2D eigenvalue weighted by atomic mass is 35.5. The molecule has 0 aromatic heterocycles. The fourth-order valence-electron chi connectivity index (χ4n) is 18.1. The highest BCUT2D eigenvalue weighted by Gasteiger charge is 2.61. The number of amides is 7. The van der Waals surface area contributed by atoms with Crippen LogP contribution in [0.4, 0.5) is 5.69 Å². The Bertz CT molecular complexity index is 3680. The van der Waals surface area contributed by atoms with E-state index in [1.54, 1.807) is 25.1 Å². The summed E-state index contributed by atoms with van der Waals surface area (Å²) in [6, 6.07) is 9.10. The molecule has 4 aliphatic rings. The molecule has 0 bridgehead atoms. The van der Waals surface area contributed by atoms with Gasteiger partial charge in [-0.1, -0.05) is 89.2 Å². The first-order chi connectivity index (χ1) is 66.4. The number of phenolic OH excluding ortho intramolecular Hbond substituents is 1. The molecule has 4 saturated carbocycles. The first kappa shape index (κ1) is 119. The number of rotatable bonds is 84. The highest BCUT2D eigenvalue weighted by Crippen LogP contribution is 2.68. The van der Waals surface area contributed by atoms with Crippen LogP contribution in [0.1, 0.15) is 168 Å². The second-order valence-electron chi connectivity index (χ2n) is 35.8. The third-order valence-electron chi connectivity index (χ3n) is 25.3. The van der Waals surface area contributed by atoms with Gasteiger partial charge in [-0.3, -0.25) is 43.8 Å². The molecule has 0 unspecified atom stereocenters. The molecule has 4 aliphatic carbocycles. The van der Waals surface area contributed by atoms with E-state index in [1.165, 1.54) is 63.9 Å². The Kier molecular flexibility index (Phi) is 63.8. The van der Waals surface area contributed by atoms with Crippen LogP contribution in [0.5, 0.6) is 5.75 Å². The quantitative estimate of drug-likeness (QED) is 0.0130. The van der Waals surface area contributed by atoms with Gasteiger partial charge >= 0.3 is 5.97 Å². The number of carbonyl (C=O) groups excluding carboxylic acids is 8. The zero-order chi connectivity index (χ0) is 98.6. The lowest BCUT2D eigenvalue weighted by Gasteiger charge is -2.61. The molecule has 37 nitrogen and oxygen atoms in total. The Labute approximate surface area is 821 Å². The van der Waals surface area contributed by atoms with Gasteiger partial charge in [0.15, 0.2) is 0 Å². The minimum absolute atomic E-state index is 0.0171. The number of carbonyl (C=O) groups is 8. The maximum absolute atomic E-state index is 13.3. The van der Waals surface area contributed by atoms with Crippen molar-refractivity contribution >= 4 is 81.9 Å². The number of esters is 1. The number of hydrogen-bond acceptors (Lipinski definition) is 30. The maximum Gasteiger partial charge on any atom is 0.308 e. The third kappa shape index (κ3) is 52.2. The number of ether oxygens (including phenoxy) is 19. The monoisotopic (exact) mass is 1980 g/mol. The van der Waals surface area contributed by atoms with Crippen LogP contribution in [0, 0.1) is 52.3 Å². The summed E-state index contributed by atoms with van der Waals surface area (Å²) in [6.45, 7) is 27.8. The van der Waals surface area contributed by atoms with Crippen molar-refractivity contribution in [3.05, 3.63) is 57.6 Å². The number of anilines is 1. The first-order valence-corrected chi connectivity index (χ1v) is 50.3. The topological polar surface area (TPSA) is 455 Å². The predicted molar refractivity (Wildman–Crippen MR) is 516 cm³/mol. The molecule has 782 valence electrons. The average Bonchev–Trinajstić information content (AvgIpc) is 1.64. The van der Waals surface area contributed by atoms with Gasteiger partial charge in [0.25, 0.3) is 0 Å². The summed E-state index contributed by atoms with van der Waals surface area (Å²) in [5, 5.41) is 31.6. The fraction of sp³-hybridized carbons (Fsp3) is 0.786. The highest BCUT2D eigenvalue weighted by molar-refractivity contribution is 6.36. The van der Waals surface area contributed by atoms with Crippen LogP contribution in [-0.4, -0.2) is 341 Å². The third-order valence-corrected chi connectivity index (χ3v) is 25.8. The average molecular weight is 1990 g/mol. The van der Waals surface area contributed by atoms with Crippen LogP contribution < -0.4 is 43.1 Å².